The summed E-state index contributed by atoms with van der Waals surface area (Å²) >= 11 is 5.79. The van der Waals surface area contributed by atoms with Crippen molar-refractivity contribution >= 4 is 11.6 Å². The molecule has 11 heavy (non-hydrogen) atoms. The van der Waals surface area contributed by atoms with Gasteiger partial charge >= 0.3 is 0 Å². The second-order valence-electron chi connectivity index (χ2n) is 2.43. The molecule has 1 aliphatic heterocycles. The van der Waals surface area contributed by atoms with E-state index in [4.69, 9.17) is 16.3 Å². The topological polar surface area (TPSA) is 35.0 Å². The molecular weight excluding hydrogens is 164 g/mol. The van der Waals surface area contributed by atoms with Crippen molar-refractivity contribution in [3.63, 3.8) is 0 Å². The molecule has 0 aliphatic carbocycles. The van der Waals surface area contributed by atoms with Crippen LogP contribution in [0.2, 0.25) is 5.15 Å². The molecule has 58 valence electrons. The lowest BCUT2D eigenvalue weighted by atomic mass is 10.1. The first-order valence-electron chi connectivity index (χ1n) is 3.51. The highest BCUT2D eigenvalue weighted by Gasteiger charge is 2.14. The van der Waals surface area contributed by atoms with Gasteiger partial charge in [-0.25, -0.2) is 0 Å². The fraction of sp³-hybridized carbons (Fsp3) is 0.429. The van der Waals surface area contributed by atoms with Gasteiger partial charge in [0.15, 0.2) is 5.15 Å². The fourth-order valence-corrected chi connectivity index (χ4v) is 1.38. The summed E-state index contributed by atoms with van der Waals surface area (Å²) in [6.45, 7) is 0.759. The van der Waals surface area contributed by atoms with Gasteiger partial charge in [0.1, 0.15) is 5.75 Å². The van der Waals surface area contributed by atoms with E-state index in [1.165, 1.54) is 0 Å². The van der Waals surface area contributed by atoms with Gasteiger partial charge in [-0.15, -0.1) is 5.10 Å². The summed E-state index contributed by atoms with van der Waals surface area (Å²) in [7, 11) is 0. The molecular formula is C7H7ClN2O. The van der Waals surface area contributed by atoms with Crippen LogP contribution in [0.3, 0.4) is 0 Å². The van der Waals surface area contributed by atoms with E-state index in [0.29, 0.717) is 5.15 Å². The van der Waals surface area contributed by atoms with Crippen molar-refractivity contribution in [1.82, 2.24) is 10.2 Å². The Morgan fingerprint density at radius 3 is 3.27 bits per heavy atom. The van der Waals surface area contributed by atoms with E-state index in [1.54, 1.807) is 6.20 Å². The average Bonchev–Trinajstić information content (AvgIpc) is 2.06. The van der Waals surface area contributed by atoms with E-state index in [-0.39, 0.29) is 0 Å². The SMILES string of the molecule is Clc1nncc2c1CCCO2. The summed E-state index contributed by atoms with van der Waals surface area (Å²) in [4.78, 5) is 0. The third-order valence-electron chi connectivity index (χ3n) is 1.70. The highest BCUT2D eigenvalue weighted by molar-refractivity contribution is 6.30. The molecule has 2 heterocycles. The maximum atomic E-state index is 5.79. The van der Waals surface area contributed by atoms with Crippen LogP contribution in [0.4, 0.5) is 0 Å². The van der Waals surface area contributed by atoms with Crippen molar-refractivity contribution in [1.29, 1.82) is 0 Å². The number of hydrogen-bond acceptors (Lipinski definition) is 3. The Kier molecular flexibility index (Phi) is 1.66. The molecule has 0 bridgehead atoms. The molecule has 0 amide bonds. The molecule has 0 saturated heterocycles. The van der Waals surface area contributed by atoms with Crippen molar-refractivity contribution in [3.8, 4) is 5.75 Å². The highest BCUT2D eigenvalue weighted by atomic mass is 35.5. The third-order valence-corrected chi connectivity index (χ3v) is 2.00. The third kappa shape index (κ3) is 1.16. The molecule has 1 aromatic rings. The number of nitrogens with zero attached hydrogens (tertiary/aromatic N) is 2. The maximum absolute atomic E-state index is 5.79. The van der Waals surface area contributed by atoms with E-state index < -0.39 is 0 Å². The predicted octanol–water partition coefficient (Wildman–Crippen LogP) is 1.45. The van der Waals surface area contributed by atoms with Crippen molar-refractivity contribution in [3.05, 3.63) is 16.9 Å². The summed E-state index contributed by atoms with van der Waals surface area (Å²) in [6, 6.07) is 0. The van der Waals surface area contributed by atoms with Crippen LogP contribution < -0.4 is 4.74 Å². The number of rotatable bonds is 0. The zero-order valence-electron chi connectivity index (χ0n) is 5.88. The van der Waals surface area contributed by atoms with Gasteiger partial charge in [0.25, 0.3) is 0 Å². The minimum absolute atomic E-state index is 0.474. The molecule has 0 aromatic carbocycles. The van der Waals surface area contributed by atoms with Gasteiger partial charge in [-0.1, -0.05) is 11.6 Å². The zero-order valence-corrected chi connectivity index (χ0v) is 6.64. The monoisotopic (exact) mass is 170 g/mol. The minimum Gasteiger partial charge on any atom is -0.491 e. The summed E-state index contributed by atoms with van der Waals surface area (Å²) in [5, 5.41) is 7.89. The second kappa shape index (κ2) is 2.66. The largest absolute Gasteiger partial charge is 0.491 e. The van der Waals surface area contributed by atoms with Crippen LogP contribution >= 0.6 is 11.6 Å². The van der Waals surface area contributed by atoms with Crippen LogP contribution in [0.1, 0.15) is 12.0 Å². The Morgan fingerprint density at radius 2 is 2.45 bits per heavy atom. The van der Waals surface area contributed by atoms with E-state index in [9.17, 15) is 0 Å². The minimum atomic E-state index is 0.474. The smallest absolute Gasteiger partial charge is 0.158 e. The first-order chi connectivity index (χ1) is 5.38. The van der Waals surface area contributed by atoms with Crippen LogP contribution in [0, 0.1) is 0 Å². The van der Waals surface area contributed by atoms with Crippen LogP contribution in [0.15, 0.2) is 6.20 Å². The normalized spacial score (nSPS) is 15.4. The lowest BCUT2D eigenvalue weighted by molar-refractivity contribution is 0.286. The van der Waals surface area contributed by atoms with Gasteiger partial charge < -0.3 is 4.74 Å². The van der Waals surface area contributed by atoms with Gasteiger partial charge in [0.05, 0.1) is 12.8 Å². The Hall–Kier alpha value is -0.830. The van der Waals surface area contributed by atoms with Crippen molar-refractivity contribution in [2.24, 2.45) is 0 Å². The lowest BCUT2D eigenvalue weighted by Crippen LogP contribution is -2.09. The Morgan fingerprint density at radius 1 is 1.55 bits per heavy atom. The fourth-order valence-electron chi connectivity index (χ4n) is 1.15. The van der Waals surface area contributed by atoms with Gasteiger partial charge in [-0.05, 0) is 12.8 Å². The molecule has 0 unspecified atom stereocenters. The Labute approximate surface area is 69.3 Å². The zero-order chi connectivity index (χ0) is 7.68. The molecule has 1 aliphatic rings. The van der Waals surface area contributed by atoms with E-state index in [1.807, 2.05) is 0 Å². The van der Waals surface area contributed by atoms with Gasteiger partial charge in [0, 0.05) is 5.56 Å². The molecule has 4 heteroatoms. The second-order valence-corrected chi connectivity index (χ2v) is 2.79. The number of ether oxygens (including phenoxy) is 1. The van der Waals surface area contributed by atoms with Crippen LogP contribution in [0.5, 0.6) is 5.75 Å². The molecule has 0 atom stereocenters. The van der Waals surface area contributed by atoms with Crippen LogP contribution in [-0.4, -0.2) is 16.8 Å². The summed E-state index contributed by atoms with van der Waals surface area (Å²) < 4.78 is 5.32. The van der Waals surface area contributed by atoms with Crippen molar-refractivity contribution in [2.75, 3.05) is 6.61 Å². The lowest BCUT2D eigenvalue weighted by Gasteiger charge is -2.15. The highest BCUT2D eigenvalue weighted by Crippen LogP contribution is 2.27. The first kappa shape index (κ1) is 6.85. The van der Waals surface area contributed by atoms with Gasteiger partial charge in [-0.3, -0.25) is 0 Å². The standard InChI is InChI=1S/C7H7ClN2O/c8-7-5-2-1-3-11-6(5)4-9-10-7/h4H,1-3H2. The quantitative estimate of drug-likeness (QED) is 0.591. The van der Waals surface area contributed by atoms with Crippen molar-refractivity contribution in [2.45, 2.75) is 12.8 Å². The molecule has 0 saturated carbocycles. The molecule has 0 fully saturated rings. The number of aromatic nitrogens is 2. The number of hydrogen-bond donors (Lipinski definition) is 0. The van der Waals surface area contributed by atoms with E-state index >= 15 is 0 Å². The Balaban J connectivity index is 2.49. The first-order valence-corrected chi connectivity index (χ1v) is 3.88. The average molecular weight is 171 g/mol. The number of halogens is 1. The summed E-state index contributed by atoms with van der Waals surface area (Å²) in [6.07, 6.45) is 3.57. The summed E-state index contributed by atoms with van der Waals surface area (Å²) in [5.41, 5.74) is 0.993. The predicted molar refractivity (Wildman–Crippen MR) is 40.9 cm³/mol. The molecule has 0 spiro atoms. The number of fused-ring (bicyclic) bond motifs is 1. The van der Waals surface area contributed by atoms with E-state index in [0.717, 1.165) is 30.8 Å². The molecule has 2 rings (SSSR count). The molecule has 3 nitrogen and oxygen atoms in total. The summed E-state index contributed by atoms with van der Waals surface area (Å²) in [5.74, 6) is 0.788. The van der Waals surface area contributed by atoms with Gasteiger partial charge in [-0.2, -0.15) is 5.10 Å². The molecule has 0 N–H and O–H groups in total. The van der Waals surface area contributed by atoms with E-state index in [2.05, 4.69) is 10.2 Å². The van der Waals surface area contributed by atoms with Crippen LogP contribution in [0.25, 0.3) is 0 Å². The van der Waals surface area contributed by atoms with Crippen molar-refractivity contribution < 1.29 is 4.74 Å². The maximum Gasteiger partial charge on any atom is 0.158 e. The molecule has 0 radical (unpaired) electrons. The van der Waals surface area contributed by atoms with Crippen LogP contribution in [-0.2, 0) is 6.42 Å². The molecule has 1 aromatic heterocycles. The van der Waals surface area contributed by atoms with Gasteiger partial charge in [0.2, 0.25) is 0 Å². The Bertz CT molecular complexity index is 277.